The van der Waals surface area contributed by atoms with Crippen LogP contribution in [0.5, 0.6) is 0 Å². The molecule has 0 heterocycles. The molecule has 0 aliphatic rings. The molecule has 23 heavy (non-hydrogen) atoms. The van der Waals surface area contributed by atoms with Crippen molar-refractivity contribution >= 4 is 33.3 Å². The zero-order chi connectivity index (χ0) is 17.6. The van der Waals surface area contributed by atoms with Crippen LogP contribution >= 0.6 is 11.6 Å². The molecule has 10 heteroatoms. The Balaban J connectivity index is 2.96. The number of hydrogen-bond donors (Lipinski definition) is 1. The summed E-state index contributed by atoms with van der Waals surface area (Å²) in [5, 5.41) is 10.6. The van der Waals surface area contributed by atoms with E-state index in [9.17, 15) is 23.3 Å². The minimum Gasteiger partial charge on any atom is -0.462 e. The van der Waals surface area contributed by atoms with Gasteiger partial charge in [-0.3, -0.25) is 14.9 Å². The summed E-state index contributed by atoms with van der Waals surface area (Å²) in [6, 6.07) is 3.18. The molecule has 0 amide bonds. The van der Waals surface area contributed by atoms with Crippen LogP contribution in [0.1, 0.15) is 20.3 Å². The monoisotopic (exact) mass is 364 g/mol. The summed E-state index contributed by atoms with van der Waals surface area (Å²) >= 11 is 5.59. The normalized spacial score (nSPS) is 12.9. The van der Waals surface area contributed by atoms with E-state index in [2.05, 4.69) is 4.72 Å². The summed E-state index contributed by atoms with van der Waals surface area (Å²) in [5.74, 6) is -0.674. The van der Waals surface area contributed by atoms with Crippen molar-refractivity contribution in [2.24, 2.45) is 0 Å². The highest BCUT2D eigenvalue weighted by Crippen LogP contribution is 2.16. The third-order valence-electron chi connectivity index (χ3n) is 2.69. The lowest BCUT2D eigenvalue weighted by Gasteiger charge is -2.18. The second-order valence-electron chi connectivity index (χ2n) is 4.89. The van der Waals surface area contributed by atoms with Gasteiger partial charge in [0.1, 0.15) is 6.04 Å². The number of nitrogens with one attached hydrogen (secondary N) is 1. The Bertz CT molecular complexity index is 660. The van der Waals surface area contributed by atoms with E-state index in [1.165, 1.54) is 0 Å². The Hall–Kier alpha value is -1.71. The van der Waals surface area contributed by atoms with Gasteiger partial charge in [-0.1, -0.05) is 0 Å². The molecular formula is C13H17ClN2O6S. The van der Waals surface area contributed by atoms with Gasteiger partial charge in [-0.25, -0.2) is 8.42 Å². The molecule has 1 aromatic carbocycles. The number of nitro benzene ring substituents is 1. The van der Waals surface area contributed by atoms with Crippen molar-refractivity contribution in [3.63, 3.8) is 0 Å². The van der Waals surface area contributed by atoms with Crippen LogP contribution < -0.4 is 4.72 Å². The number of rotatable bonds is 8. The number of halogens is 1. The number of non-ortho nitro benzene ring substituents is 1. The fraction of sp³-hybridized carbons (Fsp3) is 0.462. The number of carbonyl (C=O) groups excluding carboxylic acids is 1. The molecule has 0 unspecified atom stereocenters. The smallest absolute Gasteiger partial charge is 0.324 e. The number of nitrogens with zero attached hydrogens (tertiary/aromatic N) is 1. The highest BCUT2D eigenvalue weighted by atomic mass is 35.5. The van der Waals surface area contributed by atoms with Gasteiger partial charge in [-0.05, 0) is 32.4 Å². The molecule has 1 rings (SSSR count). The van der Waals surface area contributed by atoms with E-state index >= 15 is 0 Å². The SMILES string of the molecule is CC(C)OC(=O)[C@@H](CCCl)NS(=O)(=O)c1ccc([N+](=O)[O-])cc1. The van der Waals surface area contributed by atoms with E-state index in [1.54, 1.807) is 13.8 Å². The molecule has 1 aromatic rings. The molecule has 0 spiro atoms. The molecule has 0 aromatic heterocycles. The molecule has 0 saturated carbocycles. The molecule has 0 bridgehead atoms. The first-order chi connectivity index (χ1) is 10.7. The molecule has 128 valence electrons. The first kappa shape index (κ1) is 19.3. The van der Waals surface area contributed by atoms with E-state index < -0.39 is 33.1 Å². The number of esters is 1. The zero-order valence-electron chi connectivity index (χ0n) is 12.6. The zero-order valence-corrected chi connectivity index (χ0v) is 14.1. The lowest BCUT2D eigenvalue weighted by atomic mass is 10.2. The number of alkyl halides is 1. The van der Waals surface area contributed by atoms with Gasteiger partial charge >= 0.3 is 5.97 Å². The molecule has 0 aliphatic heterocycles. The van der Waals surface area contributed by atoms with Crippen LogP contribution in [0.3, 0.4) is 0 Å². The first-order valence-corrected chi connectivity index (χ1v) is 8.72. The number of ether oxygens (including phenoxy) is 1. The van der Waals surface area contributed by atoms with Gasteiger partial charge in [0.15, 0.2) is 0 Å². The molecule has 0 radical (unpaired) electrons. The van der Waals surface area contributed by atoms with Crippen LogP contribution in [0.15, 0.2) is 29.2 Å². The number of benzene rings is 1. The maximum atomic E-state index is 12.3. The Morgan fingerprint density at radius 3 is 2.35 bits per heavy atom. The van der Waals surface area contributed by atoms with Gasteiger partial charge in [0.25, 0.3) is 5.69 Å². The maximum absolute atomic E-state index is 12.3. The molecule has 1 N–H and O–H groups in total. The summed E-state index contributed by atoms with van der Waals surface area (Å²) in [6.45, 7) is 3.28. The minimum atomic E-state index is -4.04. The van der Waals surface area contributed by atoms with Gasteiger partial charge < -0.3 is 4.74 Å². The maximum Gasteiger partial charge on any atom is 0.324 e. The lowest BCUT2D eigenvalue weighted by Crippen LogP contribution is -2.42. The molecule has 0 fully saturated rings. The molecule has 8 nitrogen and oxygen atoms in total. The van der Waals surface area contributed by atoms with Crippen LogP contribution in [0.4, 0.5) is 5.69 Å². The fourth-order valence-electron chi connectivity index (χ4n) is 1.65. The second-order valence-corrected chi connectivity index (χ2v) is 6.98. The van der Waals surface area contributed by atoms with Gasteiger partial charge in [-0.15, -0.1) is 11.6 Å². The molecule has 0 aliphatic carbocycles. The number of nitro groups is 1. The molecule has 0 saturated heterocycles. The topological polar surface area (TPSA) is 116 Å². The second kappa shape index (κ2) is 8.23. The van der Waals surface area contributed by atoms with E-state index in [1.807, 2.05) is 0 Å². The van der Waals surface area contributed by atoms with Gasteiger partial charge in [-0.2, -0.15) is 4.72 Å². The summed E-state index contributed by atoms with van der Waals surface area (Å²) in [5.41, 5.74) is -0.236. The van der Waals surface area contributed by atoms with E-state index in [4.69, 9.17) is 16.3 Å². The van der Waals surface area contributed by atoms with Crippen LogP contribution in [0.25, 0.3) is 0 Å². The predicted octanol–water partition coefficient (Wildman–Crippen LogP) is 1.82. The third kappa shape index (κ3) is 5.77. The van der Waals surface area contributed by atoms with Crippen molar-refractivity contribution in [2.45, 2.75) is 37.3 Å². The first-order valence-electron chi connectivity index (χ1n) is 6.70. The summed E-state index contributed by atoms with van der Waals surface area (Å²) in [4.78, 5) is 21.6. The Morgan fingerprint density at radius 2 is 1.91 bits per heavy atom. The van der Waals surface area contributed by atoms with E-state index in [0.717, 1.165) is 24.3 Å². The van der Waals surface area contributed by atoms with Crippen molar-refractivity contribution in [1.29, 1.82) is 0 Å². The standard InChI is InChI=1S/C13H17ClN2O6S/c1-9(2)22-13(17)12(7-8-14)15-23(20,21)11-5-3-10(4-6-11)16(18)19/h3-6,9,12,15H,7-8H2,1-2H3/t12-/m1/s1. The van der Waals surface area contributed by atoms with Crippen molar-refractivity contribution in [3.8, 4) is 0 Å². The van der Waals surface area contributed by atoms with Gasteiger partial charge in [0, 0.05) is 18.0 Å². The van der Waals surface area contributed by atoms with Crippen LogP contribution in [0.2, 0.25) is 0 Å². The highest BCUT2D eigenvalue weighted by molar-refractivity contribution is 7.89. The van der Waals surface area contributed by atoms with Crippen molar-refractivity contribution in [1.82, 2.24) is 4.72 Å². The summed E-state index contributed by atoms with van der Waals surface area (Å²) < 4.78 is 31.7. The van der Waals surface area contributed by atoms with E-state index in [-0.39, 0.29) is 22.9 Å². The summed E-state index contributed by atoms with van der Waals surface area (Å²) in [6.07, 6.45) is -0.344. The minimum absolute atomic E-state index is 0.0549. The van der Waals surface area contributed by atoms with Gasteiger partial charge in [0.2, 0.25) is 10.0 Å². The van der Waals surface area contributed by atoms with Crippen molar-refractivity contribution < 1.29 is 22.9 Å². The predicted molar refractivity (Wildman–Crippen MR) is 83.8 cm³/mol. The number of sulfonamides is 1. The number of hydrogen-bond acceptors (Lipinski definition) is 6. The van der Waals surface area contributed by atoms with Crippen LogP contribution in [-0.4, -0.2) is 37.3 Å². The van der Waals surface area contributed by atoms with E-state index in [0.29, 0.717) is 0 Å². The van der Waals surface area contributed by atoms with Crippen LogP contribution in [-0.2, 0) is 19.6 Å². The van der Waals surface area contributed by atoms with Gasteiger partial charge in [0.05, 0.1) is 15.9 Å². The lowest BCUT2D eigenvalue weighted by molar-refractivity contribution is -0.384. The molecular weight excluding hydrogens is 348 g/mol. The third-order valence-corrected chi connectivity index (χ3v) is 4.40. The highest BCUT2D eigenvalue weighted by Gasteiger charge is 2.27. The largest absolute Gasteiger partial charge is 0.462 e. The fourth-order valence-corrected chi connectivity index (χ4v) is 3.09. The quantitative estimate of drug-likeness (QED) is 0.325. The Morgan fingerprint density at radius 1 is 1.35 bits per heavy atom. The molecule has 1 atom stereocenters. The average molecular weight is 365 g/mol. The average Bonchev–Trinajstić information content (AvgIpc) is 2.46. The van der Waals surface area contributed by atoms with Crippen molar-refractivity contribution in [2.75, 3.05) is 5.88 Å². The Kier molecular flexibility index (Phi) is 6.92. The van der Waals surface area contributed by atoms with Crippen molar-refractivity contribution in [3.05, 3.63) is 34.4 Å². The number of carbonyl (C=O) groups is 1. The summed E-state index contributed by atoms with van der Waals surface area (Å²) in [7, 11) is -4.04. The Labute approximate surface area is 139 Å². The van der Waals surface area contributed by atoms with Crippen LogP contribution in [0, 0.1) is 10.1 Å².